The molecule has 1 heterocycles. The maximum Gasteiger partial charge on any atom is 0.326 e. The van der Waals surface area contributed by atoms with Crippen LogP contribution < -0.4 is 0 Å². The van der Waals surface area contributed by atoms with Crippen LogP contribution in [0.5, 0.6) is 0 Å². The third kappa shape index (κ3) is 2.26. The molecule has 5 nitrogen and oxygen atoms in total. The number of hydrogen-bond donors (Lipinski definition) is 1. The van der Waals surface area contributed by atoms with Crippen LogP contribution in [0.4, 0.5) is 0 Å². The van der Waals surface area contributed by atoms with Crippen molar-refractivity contribution >= 4 is 22.8 Å². The van der Waals surface area contributed by atoms with Crippen molar-refractivity contribution in [1.29, 1.82) is 0 Å². The van der Waals surface area contributed by atoms with Crippen molar-refractivity contribution in [3.8, 4) is 0 Å². The van der Waals surface area contributed by atoms with Crippen LogP contribution in [0.3, 0.4) is 0 Å². The Balaban J connectivity index is 2.05. The predicted octanol–water partition coefficient (Wildman–Crippen LogP) is 3.13. The van der Waals surface area contributed by atoms with Crippen molar-refractivity contribution in [3.63, 3.8) is 0 Å². The Bertz CT molecular complexity index is 757. The van der Waals surface area contributed by atoms with Crippen LogP contribution in [0.25, 0.3) is 11.0 Å². The zero-order valence-electron chi connectivity index (χ0n) is 12.9. The number of rotatable bonds is 4. The average Bonchev–Trinajstić information content (AvgIpc) is 3.24. The number of nitrogens with zero attached hydrogens (tertiary/aromatic N) is 1. The summed E-state index contributed by atoms with van der Waals surface area (Å²) in [6.07, 6.45) is 1.70. The van der Waals surface area contributed by atoms with E-state index in [-0.39, 0.29) is 17.7 Å². The predicted molar refractivity (Wildman–Crippen MR) is 82.0 cm³/mol. The van der Waals surface area contributed by atoms with Crippen LogP contribution in [0.15, 0.2) is 22.6 Å². The lowest BCUT2D eigenvalue weighted by Gasteiger charge is -2.25. The molecule has 1 aromatic carbocycles. The van der Waals surface area contributed by atoms with Crippen LogP contribution in [-0.4, -0.2) is 34.0 Å². The van der Waals surface area contributed by atoms with Crippen LogP contribution >= 0.6 is 0 Å². The number of hydrogen-bond acceptors (Lipinski definition) is 3. The minimum atomic E-state index is -0.995. The molecule has 1 aromatic heterocycles. The number of carbonyl (C=O) groups excluding carboxylic acids is 1. The van der Waals surface area contributed by atoms with Crippen molar-refractivity contribution in [2.24, 2.45) is 0 Å². The molecule has 2 aromatic rings. The van der Waals surface area contributed by atoms with Gasteiger partial charge in [0.2, 0.25) is 0 Å². The molecule has 0 bridgehead atoms. The standard InChI is InChI=1S/C17H19NO4/c1-9-5-4-6-13-10(2)15(22-14(9)13)16(19)18(12-7-8-12)11(3)17(20)21/h4-6,11-12H,7-8H2,1-3H3,(H,20,21). The minimum Gasteiger partial charge on any atom is -0.480 e. The Hall–Kier alpha value is -2.30. The molecule has 1 saturated carbocycles. The summed E-state index contributed by atoms with van der Waals surface area (Å²) in [4.78, 5) is 25.6. The number of carboxylic acid groups (broad SMARTS) is 1. The highest BCUT2D eigenvalue weighted by Gasteiger charge is 2.40. The molecule has 0 aliphatic heterocycles. The minimum absolute atomic E-state index is 0.00677. The number of carbonyl (C=O) groups is 2. The maximum atomic E-state index is 12.8. The number of carboxylic acids is 1. The van der Waals surface area contributed by atoms with E-state index < -0.39 is 12.0 Å². The number of amides is 1. The zero-order valence-corrected chi connectivity index (χ0v) is 12.9. The van der Waals surface area contributed by atoms with Crippen molar-refractivity contribution in [3.05, 3.63) is 35.1 Å². The number of benzene rings is 1. The fourth-order valence-corrected chi connectivity index (χ4v) is 2.84. The summed E-state index contributed by atoms with van der Waals surface area (Å²) in [5.41, 5.74) is 2.43. The van der Waals surface area contributed by atoms with Gasteiger partial charge < -0.3 is 14.4 Å². The van der Waals surface area contributed by atoms with Crippen molar-refractivity contribution in [1.82, 2.24) is 4.90 Å². The van der Waals surface area contributed by atoms with Crippen molar-refractivity contribution < 1.29 is 19.1 Å². The van der Waals surface area contributed by atoms with E-state index in [1.165, 1.54) is 4.90 Å². The lowest BCUT2D eigenvalue weighted by Crippen LogP contribution is -2.44. The summed E-state index contributed by atoms with van der Waals surface area (Å²) in [5.74, 6) is -1.07. The van der Waals surface area contributed by atoms with E-state index in [1.807, 2.05) is 32.0 Å². The maximum absolute atomic E-state index is 12.8. The summed E-state index contributed by atoms with van der Waals surface area (Å²) >= 11 is 0. The molecule has 1 unspecified atom stereocenters. The Labute approximate surface area is 128 Å². The molecule has 1 aliphatic rings. The summed E-state index contributed by atoms with van der Waals surface area (Å²) in [7, 11) is 0. The highest BCUT2D eigenvalue weighted by molar-refractivity contribution is 6.01. The molecule has 116 valence electrons. The van der Waals surface area contributed by atoms with Crippen LogP contribution in [0.1, 0.15) is 41.4 Å². The van der Waals surface area contributed by atoms with Gasteiger partial charge in [0.05, 0.1) is 0 Å². The second-order valence-corrected chi connectivity index (χ2v) is 5.97. The quantitative estimate of drug-likeness (QED) is 0.942. The van der Waals surface area contributed by atoms with E-state index in [0.29, 0.717) is 5.58 Å². The molecule has 1 aliphatic carbocycles. The first-order chi connectivity index (χ1) is 10.4. The second-order valence-electron chi connectivity index (χ2n) is 5.97. The van der Waals surface area contributed by atoms with Gasteiger partial charge in [-0.25, -0.2) is 4.79 Å². The summed E-state index contributed by atoms with van der Waals surface area (Å²) in [5, 5.41) is 10.2. The first-order valence-corrected chi connectivity index (χ1v) is 7.46. The number of fused-ring (bicyclic) bond motifs is 1. The largest absolute Gasteiger partial charge is 0.480 e. The van der Waals surface area contributed by atoms with Gasteiger partial charge in [-0.1, -0.05) is 18.2 Å². The van der Waals surface area contributed by atoms with Gasteiger partial charge in [0.25, 0.3) is 5.91 Å². The average molecular weight is 301 g/mol. The summed E-state index contributed by atoms with van der Waals surface area (Å²) in [6.45, 7) is 5.31. The molecule has 1 fully saturated rings. The van der Waals surface area contributed by atoms with E-state index in [9.17, 15) is 14.7 Å². The van der Waals surface area contributed by atoms with Gasteiger partial charge in [-0.3, -0.25) is 4.79 Å². The third-order valence-electron chi connectivity index (χ3n) is 4.30. The topological polar surface area (TPSA) is 70.8 Å². The lowest BCUT2D eigenvalue weighted by atomic mass is 10.1. The Morgan fingerprint density at radius 1 is 1.32 bits per heavy atom. The molecule has 0 saturated heterocycles. The number of furan rings is 1. The molecular weight excluding hydrogens is 282 g/mol. The van der Waals surface area contributed by atoms with Crippen LogP contribution in [0, 0.1) is 13.8 Å². The first-order valence-electron chi connectivity index (χ1n) is 7.46. The Morgan fingerprint density at radius 3 is 2.55 bits per heavy atom. The number of para-hydroxylation sites is 1. The van der Waals surface area contributed by atoms with Gasteiger partial charge in [-0.15, -0.1) is 0 Å². The smallest absolute Gasteiger partial charge is 0.326 e. The van der Waals surface area contributed by atoms with E-state index >= 15 is 0 Å². The molecular formula is C17H19NO4. The lowest BCUT2D eigenvalue weighted by molar-refractivity contribution is -0.141. The van der Waals surface area contributed by atoms with Gasteiger partial charge in [-0.05, 0) is 39.2 Å². The fraction of sp³-hybridized carbons (Fsp3) is 0.412. The summed E-state index contributed by atoms with van der Waals surface area (Å²) < 4.78 is 5.80. The Kier molecular flexibility index (Phi) is 3.43. The van der Waals surface area contributed by atoms with Crippen molar-refractivity contribution in [2.75, 3.05) is 0 Å². The van der Waals surface area contributed by atoms with Crippen molar-refractivity contribution in [2.45, 2.75) is 45.7 Å². The second kappa shape index (κ2) is 5.16. The van der Waals surface area contributed by atoms with Gasteiger partial charge in [0, 0.05) is 17.0 Å². The first kappa shape index (κ1) is 14.6. The third-order valence-corrected chi connectivity index (χ3v) is 4.30. The van der Waals surface area contributed by atoms with Gasteiger partial charge in [0.1, 0.15) is 11.6 Å². The molecule has 22 heavy (non-hydrogen) atoms. The van der Waals surface area contributed by atoms with E-state index in [0.717, 1.165) is 29.4 Å². The van der Waals surface area contributed by atoms with Gasteiger partial charge in [-0.2, -0.15) is 0 Å². The normalized spacial score (nSPS) is 15.8. The molecule has 5 heteroatoms. The van der Waals surface area contributed by atoms with Crippen LogP contribution in [0.2, 0.25) is 0 Å². The molecule has 0 spiro atoms. The van der Waals surface area contributed by atoms with E-state index in [2.05, 4.69) is 0 Å². The van der Waals surface area contributed by atoms with E-state index in [1.54, 1.807) is 6.92 Å². The highest BCUT2D eigenvalue weighted by atomic mass is 16.4. The SMILES string of the molecule is Cc1c(C(=O)N(C2CC2)C(C)C(=O)O)oc2c(C)cccc12. The zero-order chi connectivity index (χ0) is 16.0. The molecule has 1 atom stereocenters. The summed E-state index contributed by atoms with van der Waals surface area (Å²) in [6, 6.07) is 4.92. The molecule has 1 N–H and O–H groups in total. The Morgan fingerprint density at radius 2 is 2.00 bits per heavy atom. The number of aliphatic carboxylic acids is 1. The van der Waals surface area contributed by atoms with Gasteiger partial charge >= 0.3 is 5.97 Å². The molecule has 0 radical (unpaired) electrons. The fourth-order valence-electron chi connectivity index (χ4n) is 2.84. The van der Waals surface area contributed by atoms with Crippen LogP contribution in [-0.2, 0) is 4.79 Å². The molecule has 3 rings (SSSR count). The van der Waals surface area contributed by atoms with Gasteiger partial charge in [0.15, 0.2) is 5.76 Å². The highest BCUT2D eigenvalue weighted by Crippen LogP contribution is 2.33. The monoisotopic (exact) mass is 301 g/mol. The van der Waals surface area contributed by atoms with E-state index in [4.69, 9.17) is 4.42 Å². The molecule has 1 amide bonds. The number of aryl methyl sites for hydroxylation is 2.